The molecule has 1 aromatic heterocycles. The number of H-pyrrole nitrogens is 1. The number of amides is 1. The van der Waals surface area contributed by atoms with Gasteiger partial charge in [-0.2, -0.15) is 0 Å². The van der Waals surface area contributed by atoms with Crippen molar-refractivity contribution in [3.05, 3.63) is 68.3 Å². The third-order valence-electron chi connectivity index (χ3n) is 4.29. The number of aromatic nitrogens is 1. The summed E-state index contributed by atoms with van der Waals surface area (Å²) in [4.78, 5) is 30.6. The largest absolute Gasteiger partial charge is 0.336 e. The van der Waals surface area contributed by atoms with Gasteiger partial charge in [0.2, 0.25) is 5.56 Å². The molecule has 5 nitrogen and oxygen atoms in total. The summed E-state index contributed by atoms with van der Waals surface area (Å²) in [7, 11) is 0. The van der Waals surface area contributed by atoms with Crippen LogP contribution in [0.1, 0.15) is 21.6 Å². The van der Waals surface area contributed by atoms with Crippen LogP contribution in [0.3, 0.4) is 0 Å². The Hall–Kier alpha value is -2.18. The Balaban J connectivity index is 1.61. The molecule has 132 valence electrons. The molecule has 2 aromatic rings. The number of rotatable bonds is 3. The normalized spacial score (nSPS) is 15.4. The molecule has 0 bridgehead atoms. The van der Waals surface area contributed by atoms with Crippen LogP contribution in [0.4, 0.5) is 4.39 Å². The Morgan fingerprint density at radius 3 is 2.56 bits per heavy atom. The van der Waals surface area contributed by atoms with E-state index in [0.29, 0.717) is 49.0 Å². The third kappa shape index (κ3) is 4.27. The minimum absolute atomic E-state index is 0.131. The molecule has 2 heterocycles. The van der Waals surface area contributed by atoms with Gasteiger partial charge in [-0.05, 0) is 30.7 Å². The number of aryl methyl sites for hydroxylation is 1. The van der Waals surface area contributed by atoms with E-state index in [1.54, 1.807) is 24.0 Å². The first-order valence-corrected chi connectivity index (χ1v) is 8.47. The van der Waals surface area contributed by atoms with Crippen molar-refractivity contribution in [3.63, 3.8) is 0 Å². The average molecular weight is 364 g/mol. The van der Waals surface area contributed by atoms with Gasteiger partial charge in [0.1, 0.15) is 5.82 Å². The number of benzene rings is 1. The predicted molar refractivity (Wildman–Crippen MR) is 94.4 cm³/mol. The van der Waals surface area contributed by atoms with Crippen molar-refractivity contribution in [2.45, 2.75) is 13.5 Å². The lowest BCUT2D eigenvalue weighted by Crippen LogP contribution is -2.48. The van der Waals surface area contributed by atoms with E-state index < -0.39 is 0 Å². The van der Waals surface area contributed by atoms with Crippen molar-refractivity contribution in [1.29, 1.82) is 0 Å². The number of piperazine rings is 1. The molecule has 3 rings (SSSR count). The highest BCUT2D eigenvalue weighted by molar-refractivity contribution is 6.31. The number of carbonyl (C=O) groups excluding carboxylic acids is 1. The molecule has 1 amide bonds. The van der Waals surface area contributed by atoms with Crippen LogP contribution in [-0.2, 0) is 6.54 Å². The highest BCUT2D eigenvalue weighted by Gasteiger charge is 2.23. The maximum Gasteiger partial charge on any atom is 0.254 e. The fourth-order valence-corrected chi connectivity index (χ4v) is 3.22. The average Bonchev–Trinajstić information content (AvgIpc) is 2.56. The Bertz CT molecular complexity index is 844. The second-order valence-corrected chi connectivity index (χ2v) is 6.63. The molecule has 0 aliphatic carbocycles. The van der Waals surface area contributed by atoms with Crippen LogP contribution in [0.25, 0.3) is 0 Å². The maximum absolute atomic E-state index is 13.1. The molecule has 25 heavy (non-hydrogen) atoms. The van der Waals surface area contributed by atoms with Crippen molar-refractivity contribution in [3.8, 4) is 0 Å². The van der Waals surface area contributed by atoms with Crippen molar-refractivity contribution in [1.82, 2.24) is 14.8 Å². The van der Waals surface area contributed by atoms with Crippen LogP contribution in [-0.4, -0.2) is 46.9 Å². The van der Waals surface area contributed by atoms with Gasteiger partial charge >= 0.3 is 0 Å². The maximum atomic E-state index is 13.1. The molecular weight excluding hydrogens is 345 g/mol. The number of nitrogens with one attached hydrogen (secondary N) is 1. The van der Waals surface area contributed by atoms with Crippen molar-refractivity contribution >= 4 is 17.5 Å². The van der Waals surface area contributed by atoms with E-state index in [2.05, 4.69) is 9.88 Å². The molecular formula is C18H19ClFN3O2. The topological polar surface area (TPSA) is 56.4 Å². The Morgan fingerprint density at radius 2 is 1.92 bits per heavy atom. The smallest absolute Gasteiger partial charge is 0.254 e. The van der Waals surface area contributed by atoms with E-state index in [0.717, 1.165) is 5.56 Å². The number of pyridine rings is 1. The second kappa shape index (κ2) is 7.37. The molecule has 1 aliphatic heterocycles. The first-order chi connectivity index (χ1) is 11.9. The van der Waals surface area contributed by atoms with Crippen LogP contribution >= 0.6 is 11.6 Å². The molecule has 1 saturated heterocycles. The van der Waals surface area contributed by atoms with E-state index >= 15 is 0 Å². The molecule has 1 aliphatic rings. The summed E-state index contributed by atoms with van der Waals surface area (Å²) < 4.78 is 13.1. The molecule has 0 saturated carbocycles. The van der Waals surface area contributed by atoms with Crippen molar-refractivity contribution in [2.24, 2.45) is 0 Å². The van der Waals surface area contributed by atoms with Gasteiger partial charge in [-0.15, -0.1) is 0 Å². The first kappa shape index (κ1) is 17.6. The number of halogens is 2. The van der Waals surface area contributed by atoms with Gasteiger partial charge in [0.05, 0.1) is 0 Å². The summed E-state index contributed by atoms with van der Waals surface area (Å²) in [6.45, 7) is 4.91. The van der Waals surface area contributed by atoms with Crippen molar-refractivity contribution in [2.75, 3.05) is 26.2 Å². The van der Waals surface area contributed by atoms with Gasteiger partial charge in [0, 0.05) is 55.1 Å². The van der Waals surface area contributed by atoms with Gasteiger partial charge in [-0.1, -0.05) is 17.7 Å². The highest BCUT2D eigenvalue weighted by atomic mass is 35.5. The summed E-state index contributed by atoms with van der Waals surface area (Å²) in [5, 5.41) is 0.414. The van der Waals surface area contributed by atoms with Crippen molar-refractivity contribution < 1.29 is 9.18 Å². The molecule has 7 heteroatoms. The molecule has 0 spiro atoms. The number of hydrogen-bond donors (Lipinski definition) is 1. The second-order valence-electron chi connectivity index (χ2n) is 6.22. The van der Waals surface area contributed by atoms with E-state index in [-0.39, 0.29) is 17.3 Å². The lowest BCUT2D eigenvalue weighted by Gasteiger charge is -2.35. The predicted octanol–water partition coefficient (Wildman–Crippen LogP) is 2.43. The molecule has 0 atom stereocenters. The fourth-order valence-electron chi connectivity index (χ4n) is 2.99. The van der Waals surface area contributed by atoms with Gasteiger partial charge in [-0.3, -0.25) is 14.5 Å². The first-order valence-electron chi connectivity index (χ1n) is 8.09. The SMILES string of the molecule is Cc1cc(C(=O)N2CCN(Cc3ccc(F)cc3Cl)CC2)cc(=O)[nH]1. The van der Waals surface area contributed by atoms with Crippen LogP contribution in [0.15, 0.2) is 35.1 Å². The van der Waals surface area contributed by atoms with E-state index in [9.17, 15) is 14.0 Å². The summed E-state index contributed by atoms with van der Waals surface area (Å²) in [5.74, 6) is -0.481. The Morgan fingerprint density at radius 1 is 1.20 bits per heavy atom. The quantitative estimate of drug-likeness (QED) is 0.911. The number of nitrogens with zero attached hydrogens (tertiary/aromatic N) is 2. The third-order valence-corrected chi connectivity index (χ3v) is 4.65. The minimum Gasteiger partial charge on any atom is -0.336 e. The summed E-state index contributed by atoms with van der Waals surface area (Å²) in [6, 6.07) is 7.42. The van der Waals surface area contributed by atoms with E-state index in [1.807, 2.05) is 0 Å². The van der Waals surface area contributed by atoms with Crippen LogP contribution in [0, 0.1) is 12.7 Å². The summed E-state index contributed by atoms with van der Waals surface area (Å²) in [5.41, 5.74) is 1.68. The fraction of sp³-hybridized carbons (Fsp3) is 0.333. The van der Waals surface area contributed by atoms with E-state index in [1.165, 1.54) is 18.2 Å². The van der Waals surface area contributed by atoms with Gasteiger partial charge < -0.3 is 9.88 Å². The minimum atomic E-state index is -0.350. The molecule has 1 fully saturated rings. The standard InChI is InChI=1S/C18H19ClFN3O2/c1-12-8-14(9-17(24)21-12)18(25)23-6-4-22(5-7-23)11-13-2-3-15(20)10-16(13)19/h2-3,8-10H,4-7,11H2,1H3,(H,21,24). The lowest BCUT2D eigenvalue weighted by molar-refractivity contribution is 0.0628. The Labute approximate surface area is 150 Å². The van der Waals surface area contributed by atoms with Gasteiger partial charge in [0.25, 0.3) is 5.91 Å². The van der Waals surface area contributed by atoms with Crippen LogP contribution in [0.5, 0.6) is 0 Å². The molecule has 0 radical (unpaired) electrons. The highest BCUT2D eigenvalue weighted by Crippen LogP contribution is 2.20. The Kier molecular flexibility index (Phi) is 5.20. The molecule has 1 aromatic carbocycles. The number of carbonyl (C=O) groups is 1. The summed E-state index contributed by atoms with van der Waals surface area (Å²) in [6.07, 6.45) is 0. The van der Waals surface area contributed by atoms with Gasteiger partial charge in [-0.25, -0.2) is 4.39 Å². The summed E-state index contributed by atoms with van der Waals surface area (Å²) >= 11 is 6.07. The molecule has 1 N–H and O–H groups in total. The zero-order chi connectivity index (χ0) is 18.0. The monoisotopic (exact) mass is 363 g/mol. The lowest BCUT2D eigenvalue weighted by atomic mass is 10.1. The zero-order valence-electron chi connectivity index (χ0n) is 13.9. The zero-order valence-corrected chi connectivity index (χ0v) is 14.6. The van der Waals surface area contributed by atoms with Crippen LogP contribution < -0.4 is 5.56 Å². The van der Waals surface area contributed by atoms with Crippen LogP contribution in [0.2, 0.25) is 5.02 Å². The molecule has 0 unspecified atom stereocenters. The number of aromatic amines is 1. The number of hydrogen-bond acceptors (Lipinski definition) is 3. The van der Waals surface area contributed by atoms with Gasteiger partial charge in [0.15, 0.2) is 0 Å². The van der Waals surface area contributed by atoms with E-state index in [4.69, 9.17) is 11.6 Å².